The predicted molar refractivity (Wildman–Crippen MR) is 71.4 cm³/mol. The van der Waals surface area contributed by atoms with E-state index in [4.69, 9.17) is 26.6 Å². The van der Waals surface area contributed by atoms with E-state index in [1.54, 1.807) is 0 Å². The molecule has 0 spiro atoms. The normalized spacial score (nSPS) is 10.2. The number of aromatic carboxylic acids is 1. The molecular formula is C14H8ClFO5. The third-order valence-corrected chi connectivity index (χ3v) is 2.86. The van der Waals surface area contributed by atoms with Crippen molar-refractivity contribution >= 4 is 23.5 Å². The van der Waals surface area contributed by atoms with Crippen LogP contribution in [0, 0.1) is 5.82 Å². The monoisotopic (exact) mass is 310 g/mol. The number of halogens is 2. The number of carbonyl (C=O) groups excluding carboxylic acids is 1. The average molecular weight is 311 g/mol. The molecule has 0 amide bonds. The van der Waals surface area contributed by atoms with Crippen molar-refractivity contribution in [3.05, 3.63) is 58.4 Å². The first kappa shape index (κ1) is 14.8. The molecule has 2 aromatic rings. The van der Waals surface area contributed by atoms with Gasteiger partial charge in [-0.05, 0) is 36.4 Å². The number of phenols is 1. The van der Waals surface area contributed by atoms with Gasteiger partial charge in [-0.3, -0.25) is 0 Å². The fourth-order valence-electron chi connectivity index (χ4n) is 1.51. The number of carbonyl (C=O) groups is 2. The van der Waals surface area contributed by atoms with E-state index in [9.17, 15) is 14.0 Å². The summed E-state index contributed by atoms with van der Waals surface area (Å²) in [6.45, 7) is 0. The minimum atomic E-state index is -1.17. The van der Waals surface area contributed by atoms with Gasteiger partial charge in [0.25, 0.3) is 0 Å². The second-order valence-corrected chi connectivity index (χ2v) is 4.41. The quantitative estimate of drug-likeness (QED) is 0.672. The molecule has 2 rings (SSSR count). The van der Waals surface area contributed by atoms with E-state index in [1.165, 1.54) is 18.2 Å². The smallest absolute Gasteiger partial charge is 0.343 e. The maximum Gasteiger partial charge on any atom is 0.343 e. The molecule has 0 aliphatic heterocycles. The van der Waals surface area contributed by atoms with E-state index >= 15 is 0 Å². The number of benzene rings is 2. The fraction of sp³-hybridized carbons (Fsp3) is 0. The molecule has 0 aromatic heterocycles. The standard InChI is InChI=1S/C14H8ClFO5/c15-9-5-7(13(18)19)2-4-12(9)21-14(20)8-1-3-11(17)10(16)6-8/h1-6,17H,(H,18,19). The minimum absolute atomic E-state index is 0.0554. The van der Waals surface area contributed by atoms with Gasteiger partial charge < -0.3 is 14.9 Å². The Labute approximate surface area is 123 Å². The first-order valence-corrected chi connectivity index (χ1v) is 6.00. The number of ether oxygens (including phenoxy) is 1. The zero-order valence-corrected chi connectivity index (χ0v) is 11.1. The first-order valence-electron chi connectivity index (χ1n) is 5.62. The molecule has 0 aliphatic rings. The van der Waals surface area contributed by atoms with Crippen LogP contribution in [-0.2, 0) is 0 Å². The van der Waals surface area contributed by atoms with Crippen molar-refractivity contribution in [2.45, 2.75) is 0 Å². The van der Waals surface area contributed by atoms with E-state index in [0.717, 1.165) is 18.2 Å². The van der Waals surface area contributed by atoms with Gasteiger partial charge in [0.05, 0.1) is 16.1 Å². The summed E-state index contributed by atoms with van der Waals surface area (Å²) in [4.78, 5) is 22.5. The van der Waals surface area contributed by atoms with Crippen LogP contribution in [0.2, 0.25) is 5.02 Å². The molecule has 7 heteroatoms. The lowest BCUT2D eigenvalue weighted by Gasteiger charge is -2.07. The van der Waals surface area contributed by atoms with Crippen LogP contribution in [-0.4, -0.2) is 22.2 Å². The Hall–Kier alpha value is -2.60. The first-order chi connectivity index (χ1) is 9.88. The third kappa shape index (κ3) is 3.29. The Morgan fingerprint density at radius 1 is 1.10 bits per heavy atom. The SMILES string of the molecule is O=C(O)c1ccc(OC(=O)c2ccc(O)c(F)c2)c(Cl)c1. The number of carboxylic acids is 1. The number of esters is 1. The van der Waals surface area contributed by atoms with Gasteiger partial charge in [-0.2, -0.15) is 0 Å². The van der Waals surface area contributed by atoms with Gasteiger partial charge in [0.2, 0.25) is 0 Å². The number of hydrogen-bond donors (Lipinski definition) is 2. The number of hydrogen-bond acceptors (Lipinski definition) is 4. The van der Waals surface area contributed by atoms with Crippen molar-refractivity contribution < 1.29 is 28.9 Å². The molecule has 21 heavy (non-hydrogen) atoms. The zero-order chi connectivity index (χ0) is 15.6. The van der Waals surface area contributed by atoms with Gasteiger partial charge in [-0.1, -0.05) is 11.6 Å². The second kappa shape index (κ2) is 5.80. The van der Waals surface area contributed by atoms with Crippen molar-refractivity contribution in [3.63, 3.8) is 0 Å². The lowest BCUT2D eigenvalue weighted by Crippen LogP contribution is -2.09. The van der Waals surface area contributed by atoms with Crippen molar-refractivity contribution in [1.82, 2.24) is 0 Å². The fourth-order valence-corrected chi connectivity index (χ4v) is 1.73. The maximum atomic E-state index is 13.2. The summed E-state index contributed by atoms with van der Waals surface area (Å²) in [5.74, 6) is -3.67. The Balaban J connectivity index is 2.23. The summed E-state index contributed by atoms with van der Waals surface area (Å²) >= 11 is 5.81. The van der Waals surface area contributed by atoms with Crippen LogP contribution in [0.1, 0.15) is 20.7 Å². The number of carboxylic acid groups (broad SMARTS) is 1. The Morgan fingerprint density at radius 3 is 2.33 bits per heavy atom. The van der Waals surface area contributed by atoms with Crippen LogP contribution in [0.3, 0.4) is 0 Å². The molecule has 2 aromatic carbocycles. The molecule has 0 atom stereocenters. The van der Waals surface area contributed by atoms with E-state index < -0.39 is 23.5 Å². The Kier molecular flexibility index (Phi) is 4.09. The predicted octanol–water partition coefficient (Wildman–Crippen LogP) is 3.10. The van der Waals surface area contributed by atoms with Crippen molar-refractivity contribution in [1.29, 1.82) is 0 Å². The minimum Gasteiger partial charge on any atom is -0.505 e. The lowest BCUT2D eigenvalue weighted by atomic mass is 10.2. The largest absolute Gasteiger partial charge is 0.505 e. The highest BCUT2D eigenvalue weighted by Crippen LogP contribution is 2.27. The zero-order valence-electron chi connectivity index (χ0n) is 10.3. The van der Waals surface area contributed by atoms with Crippen molar-refractivity contribution in [2.24, 2.45) is 0 Å². The van der Waals surface area contributed by atoms with Gasteiger partial charge in [0.15, 0.2) is 11.6 Å². The van der Waals surface area contributed by atoms with Crippen LogP contribution in [0.4, 0.5) is 4.39 Å². The molecular weight excluding hydrogens is 303 g/mol. The molecule has 0 bridgehead atoms. The van der Waals surface area contributed by atoms with Crippen LogP contribution in [0.5, 0.6) is 11.5 Å². The molecule has 0 unspecified atom stereocenters. The van der Waals surface area contributed by atoms with Crippen LogP contribution in [0.25, 0.3) is 0 Å². The van der Waals surface area contributed by atoms with E-state index in [1.807, 2.05) is 0 Å². The summed E-state index contributed by atoms with van der Waals surface area (Å²) < 4.78 is 18.1. The van der Waals surface area contributed by atoms with Crippen molar-refractivity contribution in [2.75, 3.05) is 0 Å². The Bertz CT molecular complexity index is 729. The molecule has 5 nitrogen and oxygen atoms in total. The lowest BCUT2D eigenvalue weighted by molar-refractivity contribution is 0.0696. The highest BCUT2D eigenvalue weighted by Gasteiger charge is 2.14. The molecule has 0 saturated heterocycles. The molecule has 2 N–H and O–H groups in total. The summed E-state index contributed by atoms with van der Waals surface area (Å²) in [5, 5.41) is 17.8. The highest BCUT2D eigenvalue weighted by atomic mass is 35.5. The molecule has 0 saturated carbocycles. The van der Waals surface area contributed by atoms with E-state index in [2.05, 4.69) is 0 Å². The molecule has 108 valence electrons. The number of rotatable bonds is 3. The molecule has 0 fully saturated rings. The average Bonchev–Trinajstić information content (AvgIpc) is 2.43. The number of aromatic hydroxyl groups is 1. The van der Waals surface area contributed by atoms with E-state index in [-0.39, 0.29) is 21.9 Å². The van der Waals surface area contributed by atoms with Gasteiger partial charge in [0, 0.05) is 0 Å². The summed E-state index contributed by atoms with van der Waals surface area (Å²) in [6.07, 6.45) is 0. The molecule has 0 aliphatic carbocycles. The summed E-state index contributed by atoms with van der Waals surface area (Å²) in [5.41, 5.74) is -0.181. The third-order valence-electron chi connectivity index (χ3n) is 2.56. The van der Waals surface area contributed by atoms with E-state index in [0.29, 0.717) is 0 Å². The van der Waals surface area contributed by atoms with Crippen LogP contribution in [0.15, 0.2) is 36.4 Å². The molecule has 0 heterocycles. The summed E-state index contributed by atoms with van der Waals surface area (Å²) in [6, 6.07) is 6.58. The topological polar surface area (TPSA) is 83.8 Å². The van der Waals surface area contributed by atoms with Crippen LogP contribution < -0.4 is 4.74 Å². The van der Waals surface area contributed by atoms with Gasteiger partial charge in [0.1, 0.15) is 5.75 Å². The van der Waals surface area contributed by atoms with Crippen molar-refractivity contribution in [3.8, 4) is 11.5 Å². The molecule has 0 radical (unpaired) electrons. The second-order valence-electron chi connectivity index (χ2n) is 4.01. The Morgan fingerprint density at radius 2 is 1.76 bits per heavy atom. The number of phenolic OH excluding ortho intramolecular Hbond substituents is 1. The van der Waals surface area contributed by atoms with Crippen LogP contribution >= 0.6 is 11.6 Å². The highest BCUT2D eigenvalue weighted by molar-refractivity contribution is 6.32. The van der Waals surface area contributed by atoms with Gasteiger partial charge >= 0.3 is 11.9 Å². The van der Waals surface area contributed by atoms with Gasteiger partial charge in [-0.15, -0.1) is 0 Å². The maximum absolute atomic E-state index is 13.2. The van der Waals surface area contributed by atoms with Gasteiger partial charge in [-0.25, -0.2) is 14.0 Å². The summed E-state index contributed by atoms with van der Waals surface area (Å²) in [7, 11) is 0.